The molecule has 0 saturated carbocycles. The summed E-state index contributed by atoms with van der Waals surface area (Å²) in [6.07, 6.45) is -0.540. The molecule has 0 fully saturated rings. The average molecular weight is 265 g/mol. The SMILES string of the molecule is CC(O)Cc1c(Br)cc(F)c(O)c1O. The highest BCUT2D eigenvalue weighted by molar-refractivity contribution is 9.10. The molecule has 0 radical (unpaired) electrons. The number of halogens is 2. The standard InChI is InChI=1S/C9H10BrFO3/c1-4(12)2-5-6(10)3-7(11)9(14)8(5)13/h3-4,12-14H,2H2,1H3. The Morgan fingerprint density at radius 1 is 1.43 bits per heavy atom. The molecule has 1 rings (SSSR count). The number of aliphatic hydroxyl groups is 1. The Labute approximate surface area is 88.9 Å². The highest BCUT2D eigenvalue weighted by Gasteiger charge is 2.16. The molecular weight excluding hydrogens is 255 g/mol. The molecule has 1 aromatic rings. The number of phenols is 2. The van der Waals surface area contributed by atoms with Crippen LogP contribution < -0.4 is 0 Å². The van der Waals surface area contributed by atoms with E-state index in [2.05, 4.69) is 15.9 Å². The van der Waals surface area contributed by atoms with Gasteiger partial charge in [-0.3, -0.25) is 0 Å². The zero-order chi connectivity index (χ0) is 10.9. The van der Waals surface area contributed by atoms with Gasteiger partial charge in [-0.2, -0.15) is 0 Å². The monoisotopic (exact) mass is 264 g/mol. The predicted molar refractivity (Wildman–Crippen MR) is 52.8 cm³/mol. The van der Waals surface area contributed by atoms with Crippen molar-refractivity contribution in [2.45, 2.75) is 19.4 Å². The van der Waals surface area contributed by atoms with Gasteiger partial charge < -0.3 is 15.3 Å². The van der Waals surface area contributed by atoms with Gasteiger partial charge in [0, 0.05) is 16.5 Å². The van der Waals surface area contributed by atoms with Crippen molar-refractivity contribution in [2.24, 2.45) is 0 Å². The first kappa shape index (κ1) is 11.3. The summed E-state index contributed by atoms with van der Waals surface area (Å²) in [6, 6.07) is 1.05. The Morgan fingerprint density at radius 3 is 2.50 bits per heavy atom. The lowest BCUT2D eigenvalue weighted by molar-refractivity contribution is 0.193. The van der Waals surface area contributed by atoms with Gasteiger partial charge >= 0.3 is 0 Å². The van der Waals surface area contributed by atoms with Crippen LogP contribution in [-0.4, -0.2) is 21.4 Å². The minimum atomic E-state index is -0.899. The average Bonchev–Trinajstić information content (AvgIpc) is 2.09. The molecule has 0 aliphatic rings. The highest BCUT2D eigenvalue weighted by atomic mass is 79.9. The van der Waals surface area contributed by atoms with E-state index in [4.69, 9.17) is 10.2 Å². The van der Waals surface area contributed by atoms with E-state index in [9.17, 15) is 9.50 Å². The lowest BCUT2D eigenvalue weighted by Crippen LogP contribution is -2.05. The number of hydrogen-bond acceptors (Lipinski definition) is 3. The summed E-state index contributed by atoms with van der Waals surface area (Å²) in [7, 11) is 0. The molecule has 0 bridgehead atoms. The summed E-state index contributed by atoms with van der Waals surface area (Å²) >= 11 is 3.04. The van der Waals surface area contributed by atoms with Crippen molar-refractivity contribution in [3.8, 4) is 11.5 Å². The molecule has 3 N–H and O–H groups in total. The molecule has 0 aliphatic carbocycles. The van der Waals surface area contributed by atoms with Crippen LogP contribution in [0.3, 0.4) is 0 Å². The first-order chi connectivity index (χ1) is 6.43. The van der Waals surface area contributed by atoms with E-state index < -0.39 is 23.4 Å². The Bertz CT molecular complexity index is 352. The van der Waals surface area contributed by atoms with Crippen LogP contribution in [0.5, 0.6) is 11.5 Å². The van der Waals surface area contributed by atoms with Gasteiger partial charge in [0.25, 0.3) is 0 Å². The topological polar surface area (TPSA) is 60.7 Å². The molecule has 0 aliphatic heterocycles. The van der Waals surface area contributed by atoms with E-state index in [0.717, 1.165) is 6.07 Å². The van der Waals surface area contributed by atoms with Gasteiger partial charge in [-0.05, 0) is 13.0 Å². The summed E-state index contributed by atoms with van der Waals surface area (Å²) in [5.41, 5.74) is 0.291. The number of rotatable bonds is 2. The maximum atomic E-state index is 12.9. The summed E-state index contributed by atoms with van der Waals surface area (Å²) in [4.78, 5) is 0. The summed E-state index contributed by atoms with van der Waals surface area (Å²) < 4.78 is 13.2. The van der Waals surface area contributed by atoms with E-state index in [1.54, 1.807) is 0 Å². The lowest BCUT2D eigenvalue weighted by atomic mass is 10.1. The maximum Gasteiger partial charge on any atom is 0.194 e. The molecule has 1 unspecified atom stereocenters. The van der Waals surface area contributed by atoms with Gasteiger partial charge in [-0.1, -0.05) is 15.9 Å². The first-order valence-electron chi connectivity index (χ1n) is 4.00. The zero-order valence-corrected chi connectivity index (χ0v) is 9.05. The molecule has 0 aromatic heterocycles. The van der Waals surface area contributed by atoms with Crippen LogP contribution in [0.2, 0.25) is 0 Å². The van der Waals surface area contributed by atoms with Crippen molar-refractivity contribution < 1.29 is 19.7 Å². The largest absolute Gasteiger partial charge is 0.504 e. The fourth-order valence-corrected chi connectivity index (χ4v) is 1.68. The molecule has 3 nitrogen and oxygen atoms in total. The Morgan fingerprint density at radius 2 is 2.00 bits per heavy atom. The minimum absolute atomic E-state index is 0.139. The third-order valence-electron chi connectivity index (χ3n) is 1.78. The Balaban J connectivity index is 3.22. The number of aromatic hydroxyl groups is 2. The predicted octanol–water partition coefficient (Wildman–Crippen LogP) is 1.92. The fourth-order valence-electron chi connectivity index (χ4n) is 1.13. The molecule has 0 spiro atoms. The quantitative estimate of drug-likeness (QED) is 0.716. The summed E-state index contributed by atoms with van der Waals surface area (Å²) in [5, 5.41) is 27.6. The second-order valence-electron chi connectivity index (χ2n) is 3.07. The normalized spacial score (nSPS) is 12.9. The fraction of sp³-hybridized carbons (Fsp3) is 0.333. The van der Waals surface area contributed by atoms with Gasteiger partial charge in [-0.15, -0.1) is 0 Å². The molecule has 0 saturated heterocycles. The number of phenolic OH excluding ortho intramolecular Hbond substituents is 2. The van der Waals surface area contributed by atoms with Crippen molar-refractivity contribution >= 4 is 15.9 Å². The third kappa shape index (κ3) is 2.16. The van der Waals surface area contributed by atoms with E-state index in [1.807, 2.05) is 0 Å². The minimum Gasteiger partial charge on any atom is -0.504 e. The van der Waals surface area contributed by atoms with Crippen LogP contribution in [0.25, 0.3) is 0 Å². The second kappa shape index (κ2) is 4.14. The molecular formula is C9H10BrFO3. The second-order valence-corrected chi connectivity index (χ2v) is 3.92. The van der Waals surface area contributed by atoms with E-state index in [1.165, 1.54) is 6.92 Å². The van der Waals surface area contributed by atoms with Crippen molar-refractivity contribution in [2.75, 3.05) is 0 Å². The van der Waals surface area contributed by atoms with Crippen LogP contribution in [-0.2, 0) is 6.42 Å². The molecule has 78 valence electrons. The number of benzene rings is 1. The molecule has 14 heavy (non-hydrogen) atoms. The van der Waals surface area contributed by atoms with E-state index in [-0.39, 0.29) is 6.42 Å². The molecule has 0 amide bonds. The van der Waals surface area contributed by atoms with Crippen LogP contribution >= 0.6 is 15.9 Å². The third-order valence-corrected chi connectivity index (χ3v) is 2.49. The smallest absolute Gasteiger partial charge is 0.194 e. The molecule has 1 atom stereocenters. The van der Waals surface area contributed by atoms with Gasteiger partial charge in [0.05, 0.1) is 6.10 Å². The van der Waals surface area contributed by atoms with Gasteiger partial charge in [-0.25, -0.2) is 4.39 Å². The summed E-state index contributed by atoms with van der Waals surface area (Å²) in [6.45, 7) is 1.53. The maximum absolute atomic E-state index is 12.9. The van der Waals surface area contributed by atoms with Gasteiger partial charge in [0.2, 0.25) is 0 Å². The van der Waals surface area contributed by atoms with E-state index >= 15 is 0 Å². The molecule has 0 heterocycles. The van der Waals surface area contributed by atoms with Crippen LogP contribution in [0.1, 0.15) is 12.5 Å². The van der Waals surface area contributed by atoms with Gasteiger partial charge in [0.15, 0.2) is 17.3 Å². The summed E-state index contributed by atoms with van der Waals surface area (Å²) in [5.74, 6) is -2.22. The lowest BCUT2D eigenvalue weighted by Gasteiger charge is -2.10. The zero-order valence-electron chi connectivity index (χ0n) is 7.46. The van der Waals surface area contributed by atoms with Crippen LogP contribution in [0.15, 0.2) is 10.5 Å². The number of aliphatic hydroxyl groups excluding tert-OH is 1. The van der Waals surface area contributed by atoms with Crippen molar-refractivity contribution in [3.63, 3.8) is 0 Å². The van der Waals surface area contributed by atoms with Crippen molar-refractivity contribution in [1.29, 1.82) is 0 Å². The Hall–Kier alpha value is -0.810. The molecule has 5 heteroatoms. The highest BCUT2D eigenvalue weighted by Crippen LogP contribution is 2.37. The van der Waals surface area contributed by atoms with E-state index in [0.29, 0.717) is 10.0 Å². The van der Waals surface area contributed by atoms with Crippen LogP contribution in [0, 0.1) is 5.82 Å². The van der Waals surface area contributed by atoms with Gasteiger partial charge in [0.1, 0.15) is 0 Å². The van der Waals surface area contributed by atoms with Crippen molar-refractivity contribution in [1.82, 2.24) is 0 Å². The Kier molecular flexibility index (Phi) is 3.34. The first-order valence-corrected chi connectivity index (χ1v) is 4.79. The van der Waals surface area contributed by atoms with Crippen LogP contribution in [0.4, 0.5) is 4.39 Å². The molecule has 1 aromatic carbocycles. The van der Waals surface area contributed by atoms with Crippen molar-refractivity contribution in [3.05, 3.63) is 21.9 Å². The number of hydrogen-bond donors (Lipinski definition) is 3.